The molecule has 0 aliphatic rings. The van der Waals surface area contributed by atoms with Crippen LogP contribution in [0.1, 0.15) is 27.2 Å². The number of nitrogens with zero attached hydrogens (tertiary/aromatic N) is 2. The maximum atomic E-state index is 12.7. The van der Waals surface area contributed by atoms with Gasteiger partial charge in [-0.1, -0.05) is 24.3 Å². The molecule has 0 atom stereocenters. The lowest BCUT2D eigenvalue weighted by Gasteiger charge is -2.15. The van der Waals surface area contributed by atoms with Crippen molar-refractivity contribution in [3.8, 4) is 0 Å². The topological polar surface area (TPSA) is 82.3 Å². The highest BCUT2D eigenvalue weighted by molar-refractivity contribution is 5.96. The average Bonchev–Trinajstić information content (AvgIpc) is 2.71. The van der Waals surface area contributed by atoms with Gasteiger partial charge in [-0.15, -0.1) is 0 Å². The van der Waals surface area contributed by atoms with Crippen molar-refractivity contribution in [1.29, 1.82) is 0 Å². The highest BCUT2D eigenvalue weighted by Gasteiger charge is 2.15. The van der Waals surface area contributed by atoms with Gasteiger partial charge in [-0.05, 0) is 43.2 Å². The van der Waals surface area contributed by atoms with Crippen LogP contribution < -0.4 is 16.6 Å². The van der Waals surface area contributed by atoms with Crippen LogP contribution in [0.15, 0.2) is 58.1 Å². The molecule has 1 aromatic heterocycles. The third-order valence-electron chi connectivity index (χ3n) is 5.00. The van der Waals surface area contributed by atoms with Crippen LogP contribution in [0.25, 0.3) is 0 Å². The lowest BCUT2D eigenvalue weighted by atomic mass is 10.1. The number of anilines is 2. The number of esters is 1. The van der Waals surface area contributed by atoms with E-state index in [1.165, 1.54) is 24.7 Å². The largest absolute Gasteiger partial charge is 0.456 e. The third-order valence-corrected chi connectivity index (χ3v) is 5.00. The SMILES string of the molecule is Cc1cccc(Nc2ccccc2C(=O)OCc2cc(=O)n(C)c(=O)n2C)c1C. The lowest BCUT2D eigenvalue weighted by molar-refractivity contribution is 0.0464. The van der Waals surface area contributed by atoms with E-state index >= 15 is 0 Å². The Balaban J connectivity index is 1.83. The van der Waals surface area contributed by atoms with Gasteiger partial charge >= 0.3 is 11.7 Å². The third kappa shape index (κ3) is 4.13. The molecule has 1 N–H and O–H groups in total. The Morgan fingerprint density at radius 2 is 1.66 bits per heavy atom. The first-order valence-electron chi connectivity index (χ1n) is 9.15. The van der Waals surface area contributed by atoms with E-state index in [9.17, 15) is 14.4 Å². The van der Waals surface area contributed by atoms with Crippen molar-refractivity contribution in [2.75, 3.05) is 5.32 Å². The van der Waals surface area contributed by atoms with Crippen LogP contribution in [0.2, 0.25) is 0 Å². The minimum Gasteiger partial charge on any atom is -0.456 e. The second-order valence-corrected chi connectivity index (χ2v) is 6.87. The van der Waals surface area contributed by atoms with Gasteiger partial charge < -0.3 is 10.1 Å². The summed E-state index contributed by atoms with van der Waals surface area (Å²) >= 11 is 0. The monoisotopic (exact) mass is 393 g/mol. The van der Waals surface area contributed by atoms with E-state index in [1.54, 1.807) is 18.2 Å². The highest BCUT2D eigenvalue weighted by Crippen LogP contribution is 2.25. The maximum Gasteiger partial charge on any atom is 0.340 e. The number of benzene rings is 2. The van der Waals surface area contributed by atoms with Crippen LogP contribution in [-0.2, 0) is 25.4 Å². The molecule has 0 bridgehead atoms. The molecular formula is C22H23N3O4. The quantitative estimate of drug-likeness (QED) is 0.674. The molecule has 0 amide bonds. The molecule has 0 saturated heterocycles. The van der Waals surface area contributed by atoms with Crippen molar-refractivity contribution >= 4 is 17.3 Å². The fraction of sp³-hybridized carbons (Fsp3) is 0.227. The molecule has 0 aliphatic carbocycles. The van der Waals surface area contributed by atoms with E-state index in [0.29, 0.717) is 16.9 Å². The number of nitrogens with one attached hydrogen (secondary N) is 1. The Hall–Kier alpha value is -3.61. The number of aromatic nitrogens is 2. The molecular weight excluding hydrogens is 370 g/mol. The zero-order chi connectivity index (χ0) is 21.1. The van der Waals surface area contributed by atoms with Gasteiger partial charge in [0.25, 0.3) is 5.56 Å². The summed E-state index contributed by atoms with van der Waals surface area (Å²) in [5, 5.41) is 3.29. The highest BCUT2D eigenvalue weighted by atomic mass is 16.5. The molecule has 3 aromatic rings. The van der Waals surface area contributed by atoms with Crippen LogP contribution in [0, 0.1) is 13.8 Å². The van der Waals surface area contributed by atoms with E-state index in [4.69, 9.17) is 4.74 Å². The molecule has 29 heavy (non-hydrogen) atoms. The number of aryl methyl sites for hydroxylation is 1. The van der Waals surface area contributed by atoms with Crippen molar-refractivity contribution in [2.45, 2.75) is 20.5 Å². The molecule has 0 unspecified atom stereocenters. The van der Waals surface area contributed by atoms with Gasteiger partial charge in [-0.2, -0.15) is 0 Å². The zero-order valence-corrected chi connectivity index (χ0v) is 16.9. The molecule has 0 aliphatic heterocycles. The van der Waals surface area contributed by atoms with Crippen molar-refractivity contribution in [2.24, 2.45) is 14.1 Å². The van der Waals surface area contributed by atoms with Crippen LogP contribution in [0.4, 0.5) is 11.4 Å². The zero-order valence-electron chi connectivity index (χ0n) is 16.9. The Bertz CT molecular complexity index is 1190. The van der Waals surface area contributed by atoms with Crippen LogP contribution in [0.5, 0.6) is 0 Å². The molecule has 0 spiro atoms. The first-order chi connectivity index (χ1) is 13.8. The summed E-state index contributed by atoms with van der Waals surface area (Å²) in [5.41, 5.74) is 3.51. The van der Waals surface area contributed by atoms with Crippen molar-refractivity contribution in [3.05, 3.63) is 91.8 Å². The van der Waals surface area contributed by atoms with Gasteiger partial charge in [-0.25, -0.2) is 9.59 Å². The second-order valence-electron chi connectivity index (χ2n) is 6.87. The predicted octanol–water partition coefficient (Wildman–Crippen LogP) is 2.80. The summed E-state index contributed by atoms with van der Waals surface area (Å²) in [7, 11) is 2.93. The smallest absolute Gasteiger partial charge is 0.340 e. The predicted molar refractivity (Wildman–Crippen MR) is 112 cm³/mol. The molecule has 1 heterocycles. The number of rotatable bonds is 5. The lowest BCUT2D eigenvalue weighted by Crippen LogP contribution is -2.38. The average molecular weight is 393 g/mol. The molecule has 0 saturated carbocycles. The minimum absolute atomic E-state index is 0.182. The molecule has 150 valence electrons. The standard InChI is InChI=1S/C22H23N3O4/c1-14-8-7-11-18(15(14)2)23-19-10-6-5-9-17(19)21(27)29-13-16-12-20(26)25(4)22(28)24(16)3/h5-12,23H,13H2,1-4H3. The second kappa shape index (κ2) is 8.18. The summed E-state index contributed by atoms with van der Waals surface area (Å²) in [6.45, 7) is 3.85. The Morgan fingerprint density at radius 1 is 0.966 bits per heavy atom. The van der Waals surface area contributed by atoms with E-state index in [1.807, 2.05) is 38.1 Å². The summed E-state index contributed by atoms with van der Waals surface area (Å²) in [5.74, 6) is -0.550. The molecule has 0 radical (unpaired) electrons. The van der Waals surface area contributed by atoms with Crippen LogP contribution in [-0.4, -0.2) is 15.1 Å². The number of para-hydroxylation sites is 1. The van der Waals surface area contributed by atoms with Crippen molar-refractivity contribution < 1.29 is 9.53 Å². The summed E-state index contributed by atoms with van der Waals surface area (Å²) < 4.78 is 7.67. The molecule has 7 nitrogen and oxygen atoms in total. The Kier molecular flexibility index (Phi) is 5.68. The number of ether oxygens (including phenoxy) is 1. The van der Waals surface area contributed by atoms with Crippen molar-refractivity contribution in [1.82, 2.24) is 9.13 Å². The van der Waals surface area contributed by atoms with Gasteiger partial charge in [0.2, 0.25) is 0 Å². The summed E-state index contributed by atoms with van der Waals surface area (Å²) in [4.78, 5) is 36.6. The van der Waals surface area contributed by atoms with Gasteiger partial charge in [0, 0.05) is 25.8 Å². The number of carbonyl (C=O) groups is 1. The van der Waals surface area contributed by atoms with Crippen LogP contribution >= 0.6 is 0 Å². The summed E-state index contributed by atoms with van der Waals surface area (Å²) in [6.07, 6.45) is 0. The minimum atomic E-state index is -0.550. The van der Waals surface area contributed by atoms with Gasteiger partial charge in [0.15, 0.2) is 0 Å². The number of hydrogen-bond donors (Lipinski definition) is 1. The fourth-order valence-electron chi connectivity index (χ4n) is 2.94. The van der Waals surface area contributed by atoms with E-state index < -0.39 is 17.2 Å². The summed E-state index contributed by atoms with van der Waals surface area (Å²) in [6, 6.07) is 14.2. The van der Waals surface area contributed by atoms with Crippen LogP contribution in [0.3, 0.4) is 0 Å². The molecule has 7 heteroatoms. The molecule has 0 fully saturated rings. The Labute approximate surface area is 168 Å². The number of hydrogen-bond acceptors (Lipinski definition) is 5. The maximum absolute atomic E-state index is 12.7. The first-order valence-corrected chi connectivity index (χ1v) is 9.15. The van der Waals surface area contributed by atoms with E-state index in [2.05, 4.69) is 5.32 Å². The first kappa shape index (κ1) is 20.1. The van der Waals surface area contributed by atoms with Gasteiger partial charge in [0.05, 0.1) is 16.9 Å². The van der Waals surface area contributed by atoms with Crippen molar-refractivity contribution in [3.63, 3.8) is 0 Å². The fourth-order valence-corrected chi connectivity index (χ4v) is 2.94. The number of carbonyl (C=O) groups excluding carboxylic acids is 1. The normalized spacial score (nSPS) is 10.6. The molecule has 2 aromatic carbocycles. The van der Waals surface area contributed by atoms with E-state index in [-0.39, 0.29) is 6.61 Å². The van der Waals surface area contributed by atoms with Gasteiger partial charge in [0.1, 0.15) is 6.61 Å². The molecule has 3 rings (SSSR count). The van der Waals surface area contributed by atoms with Gasteiger partial charge in [-0.3, -0.25) is 13.9 Å². The van der Waals surface area contributed by atoms with E-state index in [0.717, 1.165) is 21.4 Å². The Morgan fingerprint density at radius 3 is 2.41 bits per heavy atom.